The van der Waals surface area contributed by atoms with E-state index in [1.165, 1.54) is 12.1 Å². The second-order valence-electron chi connectivity index (χ2n) is 8.70. The number of halogens is 4. The highest BCUT2D eigenvalue weighted by molar-refractivity contribution is 6.35. The normalized spacial score (nSPS) is 17.8. The Balaban J connectivity index is 1.72. The molecule has 1 atom stereocenters. The first-order valence-electron chi connectivity index (χ1n) is 11.1. The van der Waals surface area contributed by atoms with Crippen LogP contribution in [0.2, 0.25) is 10.0 Å². The van der Waals surface area contributed by atoms with E-state index >= 15 is 0 Å². The Labute approximate surface area is 206 Å². The Kier molecular flexibility index (Phi) is 6.99. The molecular formula is C25H25Cl2F2N3O2. The molecule has 2 aromatic carbocycles. The van der Waals surface area contributed by atoms with Crippen molar-refractivity contribution in [2.24, 2.45) is 0 Å². The molecule has 1 aliphatic carbocycles. The minimum atomic E-state index is -2.84. The minimum Gasteiger partial charge on any atom is -0.387 e. The van der Waals surface area contributed by atoms with Gasteiger partial charge >= 0.3 is 0 Å². The lowest BCUT2D eigenvalue weighted by Gasteiger charge is -2.42. The van der Waals surface area contributed by atoms with Gasteiger partial charge in [0.15, 0.2) is 0 Å². The molecule has 0 saturated heterocycles. The fraction of sp³-hybridized carbons (Fsp3) is 0.360. The number of alkyl halides is 2. The monoisotopic (exact) mass is 507 g/mol. The van der Waals surface area contributed by atoms with Crippen LogP contribution in [0.25, 0.3) is 11.1 Å². The molecular weight excluding hydrogens is 483 g/mol. The molecule has 0 bridgehead atoms. The summed E-state index contributed by atoms with van der Waals surface area (Å²) in [6.07, 6.45) is 2.39. The topological polar surface area (TPSA) is 67.2 Å². The SMILES string of the molecule is CCn1cc(-c2cccc(C(NC(=O)c3cc(Cl)ccc3Cl)C3(O)CCC(F)(F)CC3)c2)cn1. The van der Waals surface area contributed by atoms with Gasteiger partial charge in [0.05, 0.1) is 28.4 Å². The molecule has 9 heteroatoms. The summed E-state index contributed by atoms with van der Waals surface area (Å²) >= 11 is 12.3. The maximum atomic E-state index is 13.9. The van der Waals surface area contributed by atoms with Crippen molar-refractivity contribution in [2.75, 3.05) is 0 Å². The number of nitrogens with one attached hydrogen (secondary N) is 1. The number of rotatable bonds is 6. The summed E-state index contributed by atoms with van der Waals surface area (Å²) in [7, 11) is 0. The van der Waals surface area contributed by atoms with Crippen LogP contribution in [0.3, 0.4) is 0 Å². The maximum Gasteiger partial charge on any atom is 0.253 e. The van der Waals surface area contributed by atoms with Crippen LogP contribution in [0.4, 0.5) is 8.78 Å². The molecule has 4 rings (SSSR count). The van der Waals surface area contributed by atoms with E-state index < -0.39 is 36.3 Å². The molecule has 0 spiro atoms. The third kappa shape index (κ3) is 5.27. The summed E-state index contributed by atoms with van der Waals surface area (Å²) in [5.74, 6) is -3.39. The van der Waals surface area contributed by atoms with Crippen molar-refractivity contribution in [2.45, 2.75) is 56.7 Å². The molecule has 1 aromatic heterocycles. The van der Waals surface area contributed by atoms with Gasteiger partial charge in [-0.2, -0.15) is 5.10 Å². The Morgan fingerprint density at radius 2 is 1.88 bits per heavy atom. The molecule has 5 nitrogen and oxygen atoms in total. The Morgan fingerprint density at radius 1 is 1.15 bits per heavy atom. The predicted octanol–water partition coefficient (Wildman–Crippen LogP) is 6.29. The van der Waals surface area contributed by atoms with Crippen LogP contribution in [-0.4, -0.2) is 32.3 Å². The number of amides is 1. The number of aryl methyl sites for hydroxylation is 1. The van der Waals surface area contributed by atoms with Gasteiger partial charge in [0, 0.05) is 36.2 Å². The van der Waals surface area contributed by atoms with Crippen molar-refractivity contribution in [1.82, 2.24) is 15.1 Å². The van der Waals surface area contributed by atoms with Crippen molar-refractivity contribution in [3.63, 3.8) is 0 Å². The molecule has 1 amide bonds. The molecule has 1 unspecified atom stereocenters. The summed E-state index contributed by atoms with van der Waals surface area (Å²) < 4.78 is 29.6. The van der Waals surface area contributed by atoms with E-state index in [0.717, 1.165) is 11.1 Å². The van der Waals surface area contributed by atoms with Gasteiger partial charge in [-0.1, -0.05) is 41.4 Å². The van der Waals surface area contributed by atoms with Crippen molar-refractivity contribution in [1.29, 1.82) is 0 Å². The maximum absolute atomic E-state index is 13.9. The minimum absolute atomic E-state index is 0.143. The highest BCUT2D eigenvalue weighted by atomic mass is 35.5. The molecule has 1 fully saturated rings. The van der Waals surface area contributed by atoms with Crippen LogP contribution >= 0.6 is 23.2 Å². The molecule has 1 aliphatic rings. The zero-order valence-electron chi connectivity index (χ0n) is 18.6. The zero-order valence-corrected chi connectivity index (χ0v) is 20.1. The van der Waals surface area contributed by atoms with Gasteiger partial charge in [-0.05, 0) is 55.2 Å². The van der Waals surface area contributed by atoms with Crippen LogP contribution in [0.15, 0.2) is 54.9 Å². The van der Waals surface area contributed by atoms with Gasteiger partial charge in [0.1, 0.15) is 0 Å². The first-order valence-corrected chi connectivity index (χ1v) is 11.8. The zero-order chi connectivity index (χ0) is 24.5. The second kappa shape index (κ2) is 9.64. The van der Waals surface area contributed by atoms with Crippen molar-refractivity contribution in [3.05, 3.63) is 76.0 Å². The molecule has 2 N–H and O–H groups in total. The Hall–Kier alpha value is -2.48. The van der Waals surface area contributed by atoms with E-state index in [4.69, 9.17) is 23.2 Å². The lowest BCUT2D eigenvalue weighted by Crippen LogP contribution is -2.50. The number of hydrogen-bond donors (Lipinski definition) is 2. The van der Waals surface area contributed by atoms with Crippen LogP contribution in [0.1, 0.15) is 54.6 Å². The second-order valence-corrected chi connectivity index (χ2v) is 9.54. The summed E-state index contributed by atoms with van der Waals surface area (Å²) in [5.41, 5.74) is 0.885. The van der Waals surface area contributed by atoms with E-state index in [9.17, 15) is 18.7 Å². The Morgan fingerprint density at radius 3 is 2.56 bits per heavy atom. The van der Waals surface area contributed by atoms with E-state index in [0.29, 0.717) is 17.1 Å². The summed E-state index contributed by atoms with van der Waals surface area (Å²) in [5, 5.41) is 19.2. The van der Waals surface area contributed by atoms with Crippen molar-refractivity contribution < 1.29 is 18.7 Å². The highest BCUT2D eigenvalue weighted by Crippen LogP contribution is 2.45. The van der Waals surface area contributed by atoms with Crippen LogP contribution < -0.4 is 5.32 Å². The van der Waals surface area contributed by atoms with E-state index in [1.807, 2.05) is 25.3 Å². The number of carbonyl (C=O) groups is 1. The van der Waals surface area contributed by atoms with Gasteiger partial charge in [-0.3, -0.25) is 9.48 Å². The van der Waals surface area contributed by atoms with E-state index in [1.54, 1.807) is 29.1 Å². The number of carbonyl (C=O) groups excluding carboxylic acids is 1. The molecule has 180 valence electrons. The molecule has 3 aromatic rings. The van der Waals surface area contributed by atoms with Gasteiger partial charge < -0.3 is 10.4 Å². The standard InChI is InChI=1S/C25H25Cl2F2N3O2/c1-2-32-15-18(14-30-32)16-4-3-5-17(12-16)22(24(34)8-10-25(28,29)11-9-24)31-23(33)20-13-19(26)6-7-21(20)27/h3-7,12-15,22,34H,2,8-11H2,1H3,(H,31,33). The fourth-order valence-corrected chi connectivity index (χ4v) is 4.70. The fourth-order valence-electron chi connectivity index (χ4n) is 4.33. The van der Waals surface area contributed by atoms with E-state index in [2.05, 4.69) is 10.4 Å². The number of hydrogen-bond acceptors (Lipinski definition) is 3. The molecule has 1 saturated carbocycles. The average molecular weight is 508 g/mol. The van der Waals surface area contributed by atoms with E-state index in [-0.39, 0.29) is 23.4 Å². The van der Waals surface area contributed by atoms with Crippen molar-refractivity contribution >= 4 is 29.1 Å². The lowest BCUT2D eigenvalue weighted by atomic mass is 9.75. The average Bonchev–Trinajstić information content (AvgIpc) is 3.31. The first-order chi connectivity index (χ1) is 16.1. The van der Waals surface area contributed by atoms with Crippen LogP contribution in [0.5, 0.6) is 0 Å². The van der Waals surface area contributed by atoms with Gasteiger partial charge in [-0.25, -0.2) is 8.78 Å². The quantitative estimate of drug-likeness (QED) is 0.412. The largest absolute Gasteiger partial charge is 0.387 e. The van der Waals surface area contributed by atoms with Crippen LogP contribution in [0, 0.1) is 0 Å². The summed E-state index contributed by atoms with van der Waals surface area (Å²) in [6, 6.07) is 10.9. The number of aromatic nitrogens is 2. The summed E-state index contributed by atoms with van der Waals surface area (Å²) in [6.45, 7) is 2.70. The predicted molar refractivity (Wildman–Crippen MR) is 128 cm³/mol. The van der Waals surface area contributed by atoms with Gasteiger partial charge in [-0.15, -0.1) is 0 Å². The Bertz CT molecular complexity index is 1190. The highest BCUT2D eigenvalue weighted by Gasteiger charge is 2.47. The molecule has 1 heterocycles. The van der Waals surface area contributed by atoms with Gasteiger partial charge in [0.25, 0.3) is 5.91 Å². The van der Waals surface area contributed by atoms with Gasteiger partial charge in [0.2, 0.25) is 5.92 Å². The third-order valence-corrected chi connectivity index (χ3v) is 6.91. The summed E-state index contributed by atoms with van der Waals surface area (Å²) in [4.78, 5) is 13.2. The first kappa shape index (κ1) is 24.6. The number of benzene rings is 2. The smallest absolute Gasteiger partial charge is 0.253 e. The lowest BCUT2D eigenvalue weighted by molar-refractivity contribution is -0.116. The number of aliphatic hydroxyl groups is 1. The molecule has 0 radical (unpaired) electrons. The molecule has 34 heavy (non-hydrogen) atoms. The number of nitrogens with zero attached hydrogens (tertiary/aromatic N) is 2. The third-order valence-electron chi connectivity index (χ3n) is 6.34. The van der Waals surface area contributed by atoms with Crippen LogP contribution in [-0.2, 0) is 6.54 Å². The molecule has 0 aliphatic heterocycles. The van der Waals surface area contributed by atoms with Crippen molar-refractivity contribution in [3.8, 4) is 11.1 Å².